The summed E-state index contributed by atoms with van der Waals surface area (Å²) in [4.78, 5) is 100. The van der Waals surface area contributed by atoms with Gasteiger partial charge in [-0.2, -0.15) is 5.10 Å². The second kappa shape index (κ2) is 27.8. The van der Waals surface area contributed by atoms with Gasteiger partial charge >= 0.3 is 11.9 Å². The van der Waals surface area contributed by atoms with Gasteiger partial charge in [0.2, 0.25) is 17.7 Å². The van der Waals surface area contributed by atoms with E-state index in [1.807, 2.05) is 52.8 Å². The highest BCUT2D eigenvalue weighted by atomic mass is 35.5. The monoisotopic (exact) mass is 1160 g/mol. The molecule has 0 spiro atoms. The van der Waals surface area contributed by atoms with E-state index in [0.717, 1.165) is 6.29 Å². The van der Waals surface area contributed by atoms with E-state index in [1.54, 1.807) is 56.8 Å². The number of nitrogens with zero attached hydrogens (tertiary/aromatic N) is 8. The normalized spacial score (nSPS) is 18.0. The van der Waals surface area contributed by atoms with Crippen LogP contribution in [0, 0.1) is 0 Å². The van der Waals surface area contributed by atoms with Crippen LogP contribution < -0.4 is 25.4 Å². The number of carboxylic acids is 2. The molecule has 4 aliphatic heterocycles. The average Bonchev–Trinajstić information content (AvgIpc) is 3.82. The second-order valence-electron chi connectivity index (χ2n) is 21.3. The molecule has 5 heterocycles. The van der Waals surface area contributed by atoms with Crippen molar-refractivity contribution in [3.8, 4) is 39.6 Å². The van der Waals surface area contributed by atoms with Gasteiger partial charge in [0.1, 0.15) is 24.4 Å². The summed E-state index contributed by atoms with van der Waals surface area (Å²) >= 11 is 13.0. The number of piperidine rings is 1. The number of morpholine rings is 1. The van der Waals surface area contributed by atoms with Crippen molar-refractivity contribution in [3.63, 3.8) is 0 Å². The highest BCUT2D eigenvalue weighted by Crippen LogP contribution is 2.47. The molecule has 8 rings (SSSR count). The average molecular weight is 1160 g/mol. The maximum Gasteiger partial charge on any atom is 0.317 e. The standard InChI is InChI=1S/C56H71Cl2N11O12/c1-56(2)36-80-24-22-68(56)55(78)53-45-35-81-47-30-46(79-3)43(29-44(47)54(45)69(62-53)42-27-38(57)26-39(58)28-42)37-5-4-6-41(25-37)61-48(71)7-10-59-49(72)31-64-11-8-40(9-12-64)60-50(73)32-65-17-19-66(33-51(74)75)15-13-63(21-23-70)14-16-67(20-18-65)34-52(76)77/h4-6,23,25-30,40H,7-22,24,31-36H2,1-3H3,(H,59,72)(H,60,73)(H,61,71)(H,74,75)(H,76,77). The molecule has 0 aliphatic carbocycles. The number of nitrogens with one attached hydrogen (secondary N) is 3. The number of aromatic nitrogens is 2. The summed E-state index contributed by atoms with van der Waals surface area (Å²) in [6, 6.07) is 15.9. The van der Waals surface area contributed by atoms with Crippen LogP contribution in [0.4, 0.5) is 5.69 Å². The van der Waals surface area contributed by atoms with Crippen molar-refractivity contribution >= 4 is 70.7 Å². The molecule has 4 amide bonds. The lowest BCUT2D eigenvalue weighted by Crippen LogP contribution is -2.55. The van der Waals surface area contributed by atoms with Crippen LogP contribution in [0.2, 0.25) is 10.0 Å². The van der Waals surface area contributed by atoms with E-state index >= 15 is 0 Å². The third-order valence-corrected chi connectivity index (χ3v) is 15.3. The van der Waals surface area contributed by atoms with Crippen molar-refractivity contribution in [2.45, 2.75) is 51.3 Å². The molecule has 0 radical (unpaired) electrons. The van der Waals surface area contributed by atoms with E-state index < -0.39 is 17.5 Å². The Morgan fingerprint density at radius 2 is 1.37 bits per heavy atom. The number of methoxy groups -OCH3 is 1. The molecule has 0 saturated carbocycles. The van der Waals surface area contributed by atoms with Crippen LogP contribution in [-0.4, -0.2) is 234 Å². The summed E-state index contributed by atoms with van der Waals surface area (Å²) in [5, 5.41) is 33.7. The van der Waals surface area contributed by atoms with Crippen LogP contribution in [-0.2, 0) is 40.1 Å². The largest absolute Gasteiger partial charge is 0.496 e. The number of halogens is 2. The first-order chi connectivity index (χ1) is 38.9. The van der Waals surface area contributed by atoms with Gasteiger partial charge in [-0.05, 0) is 68.7 Å². The molecular formula is C56H71Cl2N11O12. The van der Waals surface area contributed by atoms with Gasteiger partial charge in [-0.3, -0.25) is 53.3 Å². The van der Waals surface area contributed by atoms with Gasteiger partial charge in [-0.25, -0.2) is 4.68 Å². The van der Waals surface area contributed by atoms with Crippen molar-refractivity contribution in [2.24, 2.45) is 0 Å². The van der Waals surface area contributed by atoms with Crippen molar-refractivity contribution in [2.75, 3.05) is 137 Å². The lowest BCUT2D eigenvalue weighted by Gasteiger charge is -2.41. The van der Waals surface area contributed by atoms with E-state index in [0.29, 0.717) is 159 Å². The Hall–Kier alpha value is -6.70. The molecular weight excluding hydrogens is 1090 g/mol. The second-order valence-corrected chi connectivity index (χ2v) is 22.2. The Balaban J connectivity index is 0.841. The van der Waals surface area contributed by atoms with Crippen molar-refractivity contribution < 1.29 is 58.0 Å². The van der Waals surface area contributed by atoms with E-state index in [2.05, 4.69) is 16.0 Å². The highest BCUT2D eigenvalue weighted by Gasteiger charge is 2.40. The zero-order valence-electron chi connectivity index (χ0n) is 45.9. The zero-order valence-corrected chi connectivity index (χ0v) is 47.4. The van der Waals surface area contributed by atoms with E-state index in [4.69, 9.17) is 42.5 Å². The van der Waals surface area contributed by atoms with Crippen LogP contribution >= 0.6 is 23.2 Å². The number of ether oxygens (including phenoxy) is 3. The number of anilines is 1. The molecule has 4 aliphatic rings. The minimum atomic E-state index is -0.983. The van der Waals surface area contributed by atoms with Gasteiger partial charge in [0, 0.05) is 129 Å². The van der Waals surface area contributed by atoms with Crippen LogP contribution in [0.1, 0.15) is 49.2 Å². The van der Waals surface area contributed by atoms with E-state index in [-0.39, 0.29) is 87.7 Å². The Labute approximate surface area is 480 Å². The molecule has 1 aromatic heterocycles. The summed E-state index contributed by atoms with van der Waals surface area (Å²) < 4.78 is 19.6. The lowest BCUT2D eigenvalue weighted by molar-refractivity contribution is -0.139. The molecule has 3 aromatic carbocycles. The molecule has 3 fully saturated rings. The number of amides is 4. The number of aldehydes is 1. The number of carbonyl (C=O) groups is 7. The van der Waals surface area contributed by atoms with Crippen LogP contribution in [0.25, 0.3) is 28.1 Å². The number of hydrogen-bond donors (Lipinski definition) is 5. The summed E-state index contributed by atoms with van der Waals surface area (Å²) in [6.45, 7) is 9.39. The van der Waals surface area contributed by atoms with Crippen LogP contribution in [0.15, 0.2) is 54.6 Å². The lowest BCUT2D eigenvalue weighted by atomic mass is 9.95. The third-order valence-electron chi connectivity index (χ3n) is 14.9. The van der Waals surface area contributed by atoms with E-state index in [9.17, 15) is 43.8 Å². The fraction of sp³-hybridized carbons (Fsp3) is 0.500. The molecule has 0 atom stereocenters. The number of fused-ring (bicyclic) bond motifs is 3. The quantitative estimate of drug-likeness (QED) is 0.0844. The van der Waals surface area contributed by atoms with Gasteiger partial charge in [-0.15, -0.1) is 0 Å². The fourth-order valence-electron chi connectivity index (χ4n) is 10.7. The molecule has 0 bridgehead atoms. The summed E-state index contributed by atoms with van der Waals surface area (Å²) in [6.07, 6.45) is 2.02. The maximum absolute atomic E-state index is 14.4. The molecule has 81 heavy (non-hydrogen) atoms. The summed E-state index contributed by atoms with van der Waals surface area (Å²) in [7, 11) is 1.56. The molecule has 0 unspecified atom stereocenters. The zero-order chi connectivity index (χ0) is 57.8. The van der Waals surface area contributed by atoms with Crippen molar-refractivity contribution in [3.05, 3.63) is 75.9 Å². The van der Waals surface area contributed by atoms with Gasteiger partial charge in [-0.1, -0.05) is 35.3 Å². The third kappa shape index (κ3) is 16.3. The Bertz CT molecular complexity index is 2900. The number of carboxylic acid groups (broad SMARTS) is 2. The minimum Gasteiger partial charge on any atom is -0.496 e. The van der Waals surface area contributed by atoms with Gasteiger partial charge in [0.15, 0.2) is 5.69 Å². The van der Waals surface area contributed by atoms with Gasteiger partial charge in [0.25, 0.3) is 5.91 Å². The van der Waals surface area contributed by atoms with E-state index in [1.165, 1.54) is 0 Å². The topological polar surface area (TPSA) is 261 Å². The van der Waals surface area contributed by atoms with Gasteiger partial charge in [0.05, 0.1) is 70.0 Å². The summed E-state index contributed by atoms with van der Waals surface area (Å²) in [5.41, 5.74) is 3.95. The molecule has 4 aromatic rings. The number of likely N-dealkylation sites (tertiary alicyclic amines) is 1. The summed E-state index contributed by atoms with van der Waals surface area (Å²) in [5.74, 6) is -1.96. The first-order valence-corrected chi connectivity index (χ1v) is 27.9. The maximum atomic E-state index is 14.4. The SMILES string of the molecule is COc1cc2c(cc1-c1cccc(NC(=O)CCNC(=O)CN3CCC(NC(=O)CN4CCN(CC(=O)O)CCN(CC=O)CCN(CC(=O)O)CC4)CC3)c1)-c1c(c(C(=O)N3CCOCC3(C)C)nn1-c1cc(Cl)cc(Cl)c1)CO2. The smallest absolute Gasteiger partial charge is 0.317 e. The highest BCUT2D eigenvalue weighted by molar-refractivity contribution is 6.34. The number of rotatable bonds is 19. The number of aliphatic carboxylic acids is 2. The minimum absolute atomic E-state index is 0.0127. The molecule has 3 saturated heterocycles. The first kappa shape index (κ1) is 60.4. The van der Waals surface area contributed by atoms with Crippen molar-refractivity contribution in [1.29, 1.82) is 0 Å². The molecule has 436 valence electrons. The van der Waals surface area contributed by atoms with Crippen LogP contribution in [0.3, 0.4) is 0 Å². The van der Waals surface area contributed by atoms with Gasteiger partial charge < -0.3 is 50.1 Å². The molecule has 25 heteroatoms. The Morgan fingerprint density at radius 1 is 0.753 bits per heavy atom. The van der Waals surface area contributed by atoms with Crippen LogP contribution in [0.5, 0.6) is 11.5 Å². The predicted octanol–water partition coefficient (Wildman–Crippen LogP) is 3.28. The fourth-order valence-corrected chi connectivity index (χ4v) is 11.2. The first-order valence-electron chi connectivity index (χ1n) is 27.1. The Morgan fingerprint density at radius 3 is 1.99 bits per heavy atom. The molecule has 23 nitrogen and oxygen atoms in total. The molecule has 5 N–H and O–H groups in total. The number of hydrogen-bond acceptors (Lipinski definition) is 16. The predicted molar refractivity (Wildman–Crippen MR) is 302 cm³/mol. The van der Waals surface area contributed by atoms with Crippen molar-refractivity contribution in [1.82, 2.24) is 49.8 Å². The Kier molecular flexibility index (Phi) is 20.8. The number of carbonyl (C=O) groups excluding carboxylic acids is 5. The number of benzene rings is 3.